The van der Waals surface area contributed by atoms with Crippen LogP contribution in [-0.4, -0.2) is 55.0 Å². The van der Waals surface area contributed by atoms with Crippen molar-refractivity contribution in [2.45, 2.75) is 177 Å². The first-order valence-electron chi connectivity index (χ1n) is 24.5. The molecule has 6 saturated carbocycles. The Kier molecular flexibility index (Phi) is 21.7. The summed E-state index contributed by atoms with van der Waals surface area (Å²) in [6.07, 6.45) is 28.0. The van der Waals surface area contributed by atoms with Crippen LogP contribution in [0.5, 0.6) is 0 Å². The van der Waals surface area contributed by atoms with Crippen molar-refractivity contribution in [2.75, 3.05) is 19.8 Å². The Balaban J connectivity index is 0.000000270. The van der Waals surface area contributed by atoms with Gasteiger partial charge in [0.2, 0.25) is 0 Å². The van der Waals surface area contributed by atoms with E-state index >= 15 is 0 Å². The van der Waals surface area contributed by atoms with Crippen LogP contribution in [0.25, 0.3) is 0 Å². The predicted molar refractivity (Wildman–Crippen MR) is 235 cm³/mol. The summed E-state index contributed by atoms with van der Waals surface area (Å²) in [6, 6.07) is 0. The molecule has 0 aromatic rings. The van der Waals surface area contributed by atoms with Gasteiger partial charge < -0.3 is 26.2 Å². The SMILES string of the molecule is CC(=O)OCC(=O)[C@H]1CCC2C3CC=C4C[C@@H](C)CC[C@]4(C)C3CC[C@@]21C.CC1CCCO1.C[C@H]1CC[C@@]2(C)C(=CCC3C2CC[C@@]2(C)C3CC[C@@H]2C(=O)CO)C1.O=CO[O-].[H-].[K+].[K+]. The Morgan fingerprint density at radius 2 is 1.19 bits per heavy atom. The molecule has 346 valence electrons. The van der Waals surface area contributed by atoms with E-state index in [4.69, 9.17) is 19.5 Å². The number of carbonyl (C=O) groups is 4. The molecule has 9 rings (SSSR count). The van der Waals surface area contributed by atoms with Crippen molar-refractivity contribution in [2.24, 2.45) is 80.8 Å². The minimum atomic E-state index is -0.351. The fourth-order valence-corrected chi connectivity index (χ4v) is 15.9. The number of hydrogen-bond acceptors (Lipinski definition) is 9. The van der Waals surface area contributed by atoms with E-state index in [9.17, 15) is 19.5 Å². The summed E-state index contributed by atoms with van der Waals surface area (Å²) in [5.41, 5.74) is 4.57. The van der Waals surface area contributed by atoms with Crippen LogP contribution in [0.2, 0.25) is 0 Å². The summed E-state index contributed by atoms with van der Waals surface area (Å²) >= 11 is 0. The number of carbonyl (C=O) groups excluding carboxylic acids is 4. The maximum atomic E-state index is 12.8. The standard InChI is InChI=1S/C24H36O3.C22H34O2.C5H10O.CH2O3.2K.H/c1-15-9-11-23(3)17(13-15)5-6-18-19-7-8-21(22(26)14-27-16(2)25)24(19,4)12-10-20(18)23;1-14-8-10-21(2)15(12-14)4-5-16-17-6-7-19(20(24)13-23)22(17,3)11-9-18(16)21;1-5-3-2-4-6-5;2-1-4-3;;;/h5,15,18-21H,6-14H2,1-4H3;4,14,16-19,23H,5-13H2,1-3H3;5H,2-4H2,1H3;1,3H;;;/q;;;;2*+1;-1/p-1/t15-,18?,19?,20?,21+,23-,24-;14-,16?,17?,18?,19+,21-,22-;;;;;/m00...../s1. The van der Waals surface area contributed by atoms with Crippen LogP contribution in [0.15, 0.2) is 23.3 Å². The predicted octanol–water partition coefficient (Wildman–Crippen LogP) is 3.84. The van der Waals surface area contributed by atoms with E-state index in [1.165, 1.54) is 103 Å². The molecule has 9 aliphatic rings. The maximum absolute atomic E-state index is 12.8. The third-order valence-electron chi connectivity index (χ3n) is 19.2. The molecule has 0 aromatic carbocycles. The van der Waals surface area contributed by atoms with Crippen molar-refractivity contribution in [1.29, 1.82) is 0 Å². The zero-order valence-corrected chi connectivity index (χ0v) is 47.4. The average Bonchev–Trinajstić information content (AvgIpc) is 3.97. The maximum Gasteiger partial charge on any atom is 1.00 e. The minimum absolute atomic E-state index is 0. The molecule has 0 amide bonds. The first kappa shape index (κ1) is 56.5. The molecule has 7 fully saturated rings. The molecule has 1 aliphatic heterocycles. The molecule has 1 saturated heterocycles. The van der Waals surface area contributed by atoms with Gasteiger partial charge in [-0.1, -0.05) is 64.8 Å². The number of fused-ring (bicyclic) bond motifs is 10. The van der Waals surface area contributed by atoms with Gasteiger partial charge in [0.1, 0.15) is 13.2 Å². The summed E-state index contributed by atoms with van der Waals surface area (Å²) in [4.78, 5) is 47.5. The number of Topliss-reactive ketones (excluding diaryl/α,β-unsaturated/α-hetero) is 2. The number of aliphatic hydroxyl groups is 1. The quantitative estimate of drug-likeness (QED) is 0.105. The van der Waals surface area contributed by atoms with E-state index in [0.717, 1.165) is 61.4 Å². The van der Waals surface area contributed by atoms with Gasteiger partial charge in [0.05, 0.1) is 6.10 Å². The normalized spacial score (nSPS) is 42.5. The zero-order chi connectivity index (χ0) is 44.3. The van der Waals surface area contributed by atoms with Crippen molar-refractivity contribution in [1.82, 2.24) is 0 Å². The second kappa shape index (κ2) is 24.2. The smallest absolute Gasteiger partial charge is 1.00 e. The Bertz CT molecular complexity index is 1650. The molecule has 15 atom stereocenters. The van der Waals surface area contributed by atoms with Gasteiger partial charge in [0.25, 0.3) is 6.47 Å². The fraction of sp³-hybridized carbons (Fsp3) is 0.846. The number of ether oxygens (including phenoxy) is 2. The minimum Gasteiger partial charge on any atom is -1.00 e. The fourth-order valence-electron chi connectivity index (χ4n) is 15.9. The van der Waals surface area contributed by atoms with Gasteiger partial charge in [0.15, 0.2) is 11.6 Å². The van der Waals surface area contributed by atoms with Gasteiger partial charge in [-0.3, -0.25) is 19.2 Å². The summed E-state index contributed by atoms with van der Waals surface area (Å²) < 4.78 is 10.2. The molecule has 0 aromatic heterocycles. The molecule has 0 radical (unpaired) electrons. The van der Waals surface area contributed by atoms with Gasteiger partial charge in [-0.15, -0.1) is 0 Å². The van der Waals surface area contributed by atoms with Crippen molar-refractivity contribution in [3.05, 3.63) is 23.3 Å². The van der Waals surface area contributed by atoms with Crippen LogP contribution in [-0.2, 0) is 33.5 Å². The topological polar surface area (TPSA) is 139 Å². The van der Waals surface area contributed by atoms with E-state index in [1.54, 1.807) is 11.1 Å². The molecule has 0 bridgehead atoms. The number of aliphatic hydroxyl groups excluding tert-OH is 1. The van der Waals surface area contributed by atoms with E-state index in [1.807, 2.05) is 0 Å². The first-order valence-corrected chi connectivity index (χ1v) is 24.5. The third kappa shape index (κ3) is 11.9. The van der Waals surface area contributed by atoms with Gasteiger partial charge in [-0.25, -0.2) is 0 Å². The Labute approximate surface area is 467 Å². The zero-order valence-electron chi connectivity index (χ0n) is 42.1. The molecular weight excluding hydrogens is 847 g/mol. The summed E-state index contributed by atoms with van der Waals surface area (Å²) in [5.74, 6) is 6.24. The van der Waals surface area contributed by atoms with Crippen LogP contribution in [0.1, 0.15) is 172 Å². The first-order chi connectivity index (χ1) is 29.0. The van der Waals surface area contributed by atoms with Crippen molar-refractivity contribution in [3.8, 4) is 0 Å². The van der Waals surface area contributed by atoms with Gasteiger partial charge in [-0.2, -0.15) is 0 Å². The number of ketones is 2. The Hall–Kier alpha value is 0.913. The summed E-state index contributed by atoms with van der Waals surface area (Å²) in [6.45, 7) is 18.6. The Morgan fingerprint density at radius 3 is 1.56 bits per heavy atom. The number of esters is 1. The monoisotopic (exact) mass is 929 g/mol. The van der Waals surface area contributed by atoms with E-state index in [0.29, 0.717) is 28.8 Å². The van der Waals surface area contributed by atoms with Gasteiger partial charge in [0, 0.05) is 25.4 Å². The van der Waals surface area contributed by atoms with Crippen LogP contribution in [0, 0.1) is 80.8 Å². The molecule has 63 heavy (non-hydrogen) atoms. The van der Waals surface area contributed by atoms with Crippen LogP contribution >= 0.6 is 0 Å². The van der Waals surface area contributed by atoms with Crippen LogP contribution in [0.4, 0.5) is 0 Å². The van der Waals surface area contributed by atoms with E-state index < -0.39 is 0 Å². The molecular formula is C52H82K2O9. The molecule has 7 unspecified atom stereocenters. The van der Waals surface area contributed by atoms with Crippen LogP contribution < -0.4 is 108 Å². The summed E-state index contributed by atoms with van der Waals surface area (Å²) in [5, 5.41) is 17.8. The summed E-state index contributed by atoms with van der Waals surface area (Å²) in [7, 11) is 0. The second-order valence-electron chi connectivity index (χ2n) is 22.5. The van der Waals surface area contributed by atoms with Crippen LogP contribution in [0.3, 0.4) is 0 Å². The number of rotatable bonds is 6. The van der Waals surface area contributed by atoms with Crippen molar-refractivity contribution >= 4 is 24.0 Å². The van der Waals surface area contributed by atoms with Crippen molar-refractivity contribution < 1.29 is 148 Å². The van der Waals surface area contributed by atoms with E-state index in [2.05, 4.69) is 65.5 Å². The molecule has 8 aliphatic carbocycles. The largest absolute Gasteiger partial charge is 1.00 e. The average molecular weight is 929 g/mol. The Morgan fingerprint density at radius 1 is 0.730 bits per heavy atom. The second-order valence-corrected chi connectivity index (χ2v) is 22.5. The van der Waals surface area contributed by atoms with Gasteiger partial charge >= 0.3 is 109 Å². The van der Waals surface area contributed by atoms with Gasteiger partial charge in [-0.05, 0) is 192 Å². The number of hydrogen-bond donors (Lipinski definition) is 1. The molecule has 1 N–H and O–H groups in total. The molecule has 0 spiro atoms. The molecule has 1 heterocycles. The van der Waals surface area contributed by atoms with Crippen molar-refractivity contribution in [3.63, 3.8) is 0 Å². The van der Waals surface area contributed by atoms with E-state index in [-0.39, 0.29) is 164 Å². The third-order valence-corrected chi connectivity index (χ3v) is 19.2. The molecule has 9 nitrogen and oxygen atoms in total. The number of allylic oxidation sites excluding steroid dienone is 4. The molecule has 11 heteroatoms.